The van der Waals surface area contributed by atoms with Gasteiger partial charge in [0.25, 0.3) is 0 Å². The summed E-state index contributed by atoms with van der Waals surface area (Å²) in [7, 11) is 7.10. The molecule has 2 aromatic carbocycles. The van der Waals surface area contributed by atoms with Gasteiger partial charge in [0.05, 0.1) is 24.5 Å². The van der Waals surface area contributed by atoms with E-state index in [0.717, 1.165) is 11.1 Å². The van der Waals surface area contributed by atoms with Crippen molar-refractivity contribution >= 4 is 33.9 Å². The lowest BCUT2D eigenvalue weighted by Gasteiger charge is -2.23. The Bertz CT molecular complexity index is 1090. The molecule has 152 valence electrons. The molecule has 3 rings (SSSR count). The summed E-state index contributed by atoms with van der Waals surface area (Å²) in [6, 6.07) is 14.0. The van der Waals surface area contributed by atoms with Crippen molar-refractivity contribution in [2.45, 2.75) is 13.0 Å². The van der Waals surface area contributed by atoms with E-state index in [4.69, 9.17) is 9.15 Å². The van der Waals surface area contributed by atoms with Crippen LogP contribution in [0.4, 0.5) is 17.1 Å². The number of rotatable bonds is 6. The second-order valence-corrected chi connectivity index (χ2v) is 7.02. The molecule has 3 aromatic rings. The Morgan fingerprint density at radius 1 is 1.10 bits per heavy atom. The van der Waals surface area contributed by atoms with Gasteiger partial charge >= 0.3 is 5.63 Å². The topological polar surface area (TPSA) is 75.0 Å². The maximum absolute atomic E-state index is 12.5. The van der Waals surface area contributed by atoms with Crippen molar-refractivity contribution in [2.24, 2.45) is 0 Å². The zero-order valence-corrected chi connectivity index (χ0v) is 17.2. The number of fused-ring (bicyclic) bond motifs is 1. The molecule has 0 aliphatic carbocycles. The van der Waals surface area contributed by atoms with E-state index in [0.29, 0.717) is 22.7 Å². The van der Waals surface area contributed by atoms with Crippen LogP contribution in [0.2, 0.25) is 0 Å². The van der Waals surface area contributed by atoms with E-state index in [1.807, 2.05) is 68.2 Å². The number of para-hydroxylation sites is 1. The van der Waals surface area contributed by atoms with E-state index < -0.39 is 5.63 Å². The van der Waals surface area contributed by atoms with Gasteiger partial charge in [-0.1, -0.05) is 12.1 Å². The zero-order valence-electron chi connectivity index (χ0n) is 17.2. The van der Waals surface area contributed by atoms with Gasteiger partial charge in [0.15, 0.2) is 0 Å². The van der Waals surface area contributed by atoms with Crippen molar-refractivity contribution in [2.75, 3.05) is 38.5 Å². The molecular formula is C22H25N3O4. The van der Waals surface area contributed by atoms with E-state index in [1.165, 1.54) is 6.07 Å². The van der Waals surface area contributed by atoms with E-state index in [2.05, 4.69) is 5.32 Å². The van der Waals surface area contributed by atoms with Crippen LogP contribution >= 0.6 is 0 Å². The van der Waals surface area contributed by atoms with Crippen molar-refractivity contribution in [1.82, 2.24) is 4.90 Å². The number of ether oxygens (including phenoxy) is 1. The van der Waals surface area contributed by atoms with Crippen LogP contribution < -0.4 is 20.6 Å². The fraction of sp³-hybridized carbons (Fsp3) is 0.273. The summed E-state index contributed by atoms with van der Waals surface area (Å²) in [6.07, 6.45) is 0. The molecule has 0 spiro atoms. The fourth-order valence-corrected chi connectivity index (χ4v) is 2.99. The largest absolute Gasteiger partial charge is 0.495 e. The lowest BCUT2D eigenvalue weighted by Crippen LogP contribution is -2.37. The number of hydrogen-bond donors (Lipinski definition) is 1. The number of amides is 1. The standard InChI is InChI=1S/C22H25N3O4/c1-14(24(2)3)22(27)23-17-12-15(10-11-20(17)28-5)25(4)18-13-21(26)29-19-9-7-6-8-16(18)19/h6-14H,1-5H3,(H,23,27)/t14-/m0/s1. The quantitative estimate of drug-likeness (QED) is 0.645. The number of nitrogens with zero attached hydrogens (tertiary/aromatic N) is 2. The van der Waals surface area contributed by atoms with Crippen molar-refractivity contribution in [1.29, 1.82) is 0 Å². The van der Waals surface area contributed by atoms with Crippen LogP contribution in [-0.4, -0.2) is 45.1 Å². The van der Waals surface area contributed by atoms with Crippen LogP contribution in [0.1, 0.15) is 6.92 Å². The van der Waals surface area contributed by atoms with Crippen molar-refractivity contribution < 1.29 is 13.9 Å². The highest BCUT2D eigenvalue weighted by molar-refractivity contribution is 5.97. The average Bonchev–Trinajstić information content (AvgIpc) is 2.71. The summed E-state index contributed by atoms with van der Waals surface area (Å²) >= 11 is 0. The number of benzene rings is 2. The summed E-state index contributed by atoms with van der Waals surface area (Å²) in [5, 5.41) is 3.74. The van der Waals surface area contributed by atoms with Gasteiger partial charge in [-0.15, -0.1) is 0 Å². The third-order valence-corrected chi connectivity index (χ3v) is 4.97. The molecule has 0 aliphatic heterocycles. The first-order valence-corrected chi connectivity index (χ1v) is 9.23. The summed E-state index contributed by atoms with van der Waals surface area (Å²) in [5.74, 6) is 0.415. The molecule has 0 radical (unpaired) electrons. The molecule has 29 heavy (non-hydrogen) atoms. The number of hydrogen-bond acceptors (Lipinski definition) is 6. The van der Waals surface area contributed by atoms with Gasteiger partial charge in [0.1, 0.15) is 11.3 Å². The lowest BCUT2D eigenvalue weighted by molar-refractivity contribution is -0.119. The Balaban J connectivity index is 2.02. The zero-order chi connectivity index (χ0) is 21.1. The van der Waals surface area contributed by atoms with Gasteiger partial charge in [-0.2, -0.15) is 0 Å². The van der Waals surface area contributed by atoms with Gasteiger partial charge in [-0.3, -0.25) is 9.69 Å². The molecule has 1 heterocycles. The minimum atomic E-state index is -0.424. The normalized spacial score (nSPS) is 12.1. The van der Waals surface area contributed by atoms with Crippen molar-refractivity contribution in [3.05, 3.63) is 59.0 Å². The molecule has 1 N–H and O–H groups in total. The first kappa shape index (κ1) is 20.4. The molecule has 7 nitrogen and oxygen atoms in total. The Hall–Kier alpha value is -3.32. The highest BCUT2D eigenvalue weighted by Crippen LogP contribution is 2.34. The number of likely N-dealkylation sites (N-methyl/N-ethyl adjacent to an activating group) is 1. The average molecular weight is 395 g/mol. The number of nitrogens with one attached hydrogen (secondary N) is 1. The third kappa shape index (κ3) is 4.25. The second-order valence-electron chi connectivity index (χ2n) is 7.02. The number of methoxy groups -OCH3 is 1. The van der Waals surface area contributed by atoms with E-state index >= 15 is 0 Å². The summed E-state index contributed by atoms with van der Waals surface area (Å²) < 4.78 is 10.7. The van der Waals surface area contributed by atoms with Gasteiger partial charge in [-0.05, 0) is 51.4 Å². The van der Waals surface area contributed by atoms with E-state index in [-0.39, 0.29) is 11.9 Å². The molecule has 0 saturated heterocycles. The first-order chi connectivity index (χ1) is 13.8. The van der Waals surface area contributed by atoms with Crippen LogP contribution in [0.5, 0.6) is 5.75 Å². The number of anilines is 3. The van der Waals surface area contributed by atoms with Gasteiger partial charge in [0, 0.05) is 24.2 Å². The highest BCUT2D eigenvalue weighted by Gasteiger charge is 2.18. The smallest absolute Gasteiger partial charge is 0.338 e. The van der Waals surface area contributed by atoms with Crippen LogP contribution in [0.3, 0.4) is 0 Å². The maximum atomic E-state index is 12.5. The third-order valence-electron chi connectivity index (χ3n) is 4.97. The lowest BCUT2D eigenvalue weighted by atomic mass is 10.1. The molecule has 7 heteroatoms. The van der Waals surface area contributed by atoms with Crippen LogP contribution in [0.25, 0.3) is 11.0 Å². The van der Waals surface area contributed by atoms with E-state index in [1.54, 1.807) is 19.2 Å². The molecule has 0 fully saturated rings. The predicted octanol–water partition coefficient (Wildman–Crippen LogP) is 3.46. The molecule has 1 amide bonds. The SMILES string of the molecule is COc1ccc(N(C)c2cc(=O)oc3ccccc23)cc1NC(=O)[C@H](C)N(C)C. The van der Waals surface area contributed by atoms with Gasteiger partial charge in [0.2, 0.25) is 5.91 Å². The maximum Gasteiger partial charge on any atom is 0.338 e. The minimum Gasteiger partial charge on any atom is -0.495 e. The van der Waals surface area contributed by atoms with Crippen LogP contribution in [0, 0.1) is 0 Å². The molecular weight excluding hydrogens is 370 g/mol. The Kier molecular flexibility index (Phi) is 5.89. The minimum absolute atomic E-state index is 0.140. The highest BCUT2D eigenvalue weighted by atomic mass is 16.5. The van der Waals surface area contributed by atoms with Gasteiger partial charge in [-0.25, -0.2) is 4.79 Å². The summed E-state index contributed by atoms with van der Waals surface area (Å²) in [5.41, 5.74) is 2.15. The Labute approximate surface area is 169 Å². The molecule has 1 aromatic heterocycles. The molecule has 0 bridgehead atoms. The van der Waals surface area contributed by atoms with Gasteiger partial charge < -0.3 is 19.4 Å². The number of carbonyl (C=O) groups excluding carboxylic acids is 1. The Morgan fingerprint density at radius 2 is 1.83 bits per heavy atom. The molecule has 0 aliphatic rings. The molecule has 0 unspecified atom stereocenters. The predicted molar refractivity (Wildman–Crippen MR) is 115 cm³/mol. The monoisotopic (exact) mass is 395 g/mol. The molecule has 1 atom stereocenters. The number of carbonyl (C=O) groups is 1. The summed E-state index contributed by atoms with van der Waals surface area (Å²) in [4.78, 5) is 28.2. The fourth-order valence-electron chi connectivity index (χ4n) is 2.99. The van der Waals surface area contributed by atoms with Crippen molar-refractivity contribution in [3.8, 4) is 5.75 Å². The van der Waals surface area contributed by atoms with Crippen molar-refractivity contribution in [3.63, 3.8) is 0 Å². The van der Waals surface area contributed by atoms with E-state index in [9.17, 15) is 9.59 Å². The molecule has 0 saturated carbocycles. The van der Waals surface area contributed by atoms with Crippen LogP contribution in [-0.2, 0) is 4.79 Å². The van der Waals surface area contributed by atoms with Crippen LogP contribution in [0.15, 0.2) is 57.7 Å². The summed E-state index contributed by atoms with van der Waals surface area (Å²) in [6.45, 7) is 1.83. The Morgan fingerprint density at radius 3 is 2.52 bits per heavy atom. The second kappa shape index (κ2) is 8.36. The first-order valence-electron chi connectivity index (χ1n) is 9.23.